The summed E-state index contributed by atoms with van der Waals surface area (Å²) in [5, 5.41) is 14.7. The van der Waals surface area contributed by atoms with Crippen LogP contribution < -0.4 is 4.90 Å². The molecule has 2 aromatic heterocycles. The summed E-state index contributed by atoms with van der Waals surface area (Å²) < 4.78 is 1.82. The molecule has 3 rings (SSSR count). The van der Waals surface area contributed by atoms with Crippen molar-refractivity contribution in [2.75, 3.05) is 19.0 Å². The number of rotatable bonds is 6. The molecule has 1 atom stereocenters. The van der Waals surface area contributed by atoms with Crippen LogP contribution in [0.4, 0.5) is 5.69 Å². The number of hydrogen-bond donors (Lipinski definition) is 1. The van der Waals surface area contributed by atoms with Gasteiger partial charge in [-0.2, -0.15) is 5.10 Å². The lowest BCUT2D eigenvalue weighted by Crippen LogP contribution is -2.09. The summed E-state index contributed by atoms with van der Waals surface area (Å²) in [5.41, 5.74) is 3.96. The van der Waals surface area contributed by atoms with E-state index in [9.17, 15) is 5.11 Å². The summed E-state index contributed by atoms with van der Waals surface area (Å²) in [6, 6.07) is 14.1. The van der Waals surface area contributed by atoms with Crippen LogP contribution in [-0.2, 0) is 6.54 Å². The third-order valence-electron chi connectivity index (χ3n) is 4.27. The molecular weight excluding hydrogens is 326 g/mol. The molecule has 0 bridgehead atoms. The Kier molecular flexibility index (Phi) is 5.32. The molecule has 136 valence electrons. The lowest BCUT2D eigenvalue weighted by atomic mass is 10.2. The van der Waals surface area contributed by atoms with Crippen molar-refractivity contribution < 1.29 is 5.11 Å². The number of benzene rings is 1. The minimum atomic E-state index is -0.665. The average molecular weight is 351 g/mol. The Morgan fingerprint density at radius 2 is 1.81 bits per heavy atom. The van der Waals surface area contributed by atoms with Gasteiger partial charge in [-0.15, -0.1) is 0 Å². The Hall–Kier alpha value is -2.73. The van der Waals surface area contributed by atoms with Crippen molar-refractivity contribution in [1.29, 1.82) is 0 Å². The molecule has 0 aliphatic carbocycles. The zero-order valence-corrected chi connectivity index (χ0v) is 15.7. The second kappa shape index (κ2) is 7.66. The molecule has 0 radical (unpaired) electrons. The summed E-state index contributed by atoms with van der Waals surface area (Å²) >= 11 is 0. The second-order valence-corrected chi connectivity index (χ2v) is 6.59. The van der Waals surface area contributed by atoms with Crippen molar-refractivity contribution in [2.24, 2.45) is 0 Å². The quantitative estimate of drug-likeness (QED) is 0.739. The molecule has 3 aromatic rings. The van der Waals surface area contributed by atoms with Gasteiger partial charge in [0.05, 0.1) is 12.2 Å². The van der Waals surface area contributed by atoms with E-state index in [1.165, 1.54) is 0 Å². The number of aliphatic hydroxyl groups excluding tert-OH is 1. The highest BCUT2D eigenvalue weighted by atomic mass is 16.3. The van der Waals surface area contributed by atoms with E-state index in [-0.39, 0.29) is 0 Å². The van der Waals surface area contributed by atoms with E-state index in [4.69, 9.17) is 0 Å². The second-order valence-electron chi connectivity index (χ2n) is 6.59. The van der Waals surface area contributed by atoms with Crippen molar-refractivity contribution >= 4 is 5.69 Å². The number of aryl methyl sites for hydroxylation is 1. The molecule has 1 unspecified atom stereocenters. The monoisotopic (exact) mass is 351 g/mol. The molecule has 1 N–H and O–H groups in total. The van der Waals surface area contributed by atoms with E-state index in [2.05, 4.69) is 32.1 Å². The van der Waals surface area contributed by atoms with E-state index in [1.54, 1.807) is 0 Å². The van der Waals surface area contributed by atoms with Crippen molar-refractivity contribution in [3.63, 3.8) is 0 Å². The molecule has 0 saturated heterocycles. The van der Waals surface area contributed by atoms with Crippen LogP contribution in [-0.4, -0.2) is 39.0 Å². The Bertz CT molecular complexity index is 870. The predicted molar refractivity (Wildman–Crippen MR) is 103 cm³/mol. The largest absolute Gasteiger partial charge is 0.385 e. The summed E-state index contributed by atoms with van der Waals surface area (Å²) in [6.07, 6.45) is -0.0901. The van der Waals surface area contributed by atoms with E-state index in [0.717, 1.165) is 28.5 Å². The number of hydrogen-bond acceptors (Lipinski definition) is 5. The number of aliphatic hydroxyl groups is 1. The van der Waals surface area contributed by atoms with Gasteiger partial charge in [0.15, 0.2) is 11.6 Å². The normalized spacial score (nSPS) is 12.2. The van der Waals surface area contributed by atoms with Gasteiger partial charge in [-0.25, -0.2) is 9.67 Å². The Labute approximate surface area is 154 Å². The molecule has 0 spiro atoms. The maximum absolute atomic E-state index is 10.2. The molecule has 0 amide bonds. The molecule has 6 nitrogen and oxygen atoms in total. The zero-order chi connectivity index (χ0) is 18.7. The summed E-state index contributed by atoms with van der Waals surface area (Å²) in [4.78, 5) is 11.2. The maximum Gasteiger partial charge on any atom is 0.179 e. The van der Waals surface area contributed by atoms with Crippen LogP contribution in [0.5, 0.6) is 0 Å². The van der Waals surface area contributed by atoms with E-state index in [1.807, 2.05) is 63.0 Å². The molecule has 2 heterocycles. The van der Waals surface area contributed by atoms with Gasteiger partial charge >= 0.3 is 0 Å². The van der Waals surface area contributed by atoms with E-state index >= 15 is 0 Å². The highest BCUT2D eigenvalue weighted by molar-refractivity contribution is 5.60. The first kappa shape index (κ1) is 18.1. The highest BCUT2D eigenvalue weighted by Crippen LogP contribution is 2.24. The van der Waals surface area contributed by atoms with Crippen molar-refractivity contribution in [3.8, 4) is 11.4 Å². The third-order valence-corrected chi connectivity index (χ3v) is 4.27. The SMILES string of the molecule is CCC(O)c1nc(-c2ccc(N(C)C)cc2)n(Cc2cccc(C)n2)n1. The number of aromatic nitrogens is 4. The van der Waals surface area contributed by atoms with Crippen molar-refractivity contribution in [2.45, 2.75) is 32.9 Å². The standard InChI is InChI=1S/C20H25N5O/c1-5-18(26)19-22-20(15-9-11-17(12-10-15)24(3)4)25(23-19)13-16-8-6-7-14(2)21-16/h6-12,18,26H,5,13H2,1-4H3. The fraction of sp³-hybridized carbons (Fsp3) is 0.350. The summed E-state index contributed by atoms with van der Waals surface area (Å²) in [6.45, 7) is 4.40. The topological polar surface area (TPSA) is 67.1 Å². The van der Waals surface area contributed by atoms with Gasteiger partial charge in [0.2, 0.25) is 0 Å². The van der Waals surface area contributed by atoms with Crippen molar-refractivity contribution in [1.82, 2.24) is 19.7 Å². The zero-order valence-electron chi connectivity index (χ0n) is 15.7. The first-order valence-corrected chi connectivity index (χ1v) is 8.81. The summed E-state index contributed by atoms with van der Waals surface area (Å²) in [7, 11) is 4.02. The van der Waals surface area contributed by atoms with Gasteiger partial charge in [-0.05, 0) is 49.7 Å². The van der Waals surface area contributed by atoms with Gasteiger partial charge in [-0.3, -0.25) is 4.98 Å². The molecule has 1 aromatic carbocycles. The number of nitrogens with zero attached hydrogens (tertiary/aromatic N) is 5. The van der Waals surface area contributed by atoms with Gasteiger partial charge in [0.1, 0.15) is 6.10 Å². The Morgan fingerprint density at radius 3 is 2.42 bits per heavy atom. The van der Waals surface area contributed by atoms with Gasteiger partial charge in [0.25, 0.3) is 0 Å². The van der Waals surface area contributed by atoms with E-state index < -0.39 is 6.10 Å². The Balaban J connectivity index is 2.00. The molecule has 0 saturated carbocycles. The van der Waals surface area contributed by atoms with E-state index in [0.29, 0.717) is 18.8 Å². The first-order chi connectivity index (χ1) is 12.5. The highest BCUT2D eigenvalue weighted by Gasteiger charge is 2.17. The van der Waals surface area contributed by atoms with Crippen LogP contribution >= 0.6 is 0 Å². The fourth-order valence-electron chi connectivity index (χ4n) is 2.76. The van der Waals surface area contributed by atoms with Crippen LogP contribution in [0.25, 0.3) is 11.4 Å². The lowest BCUT2D eigenvalue weighted by Gasteiger charge is -2.12. The number of pyridine rings is 1. The maximum atomic E-state index is 10.2. The average Bonchev–Trinajstić information content (AvgIpc) is 3.05. The molecule has 0 aliphatic heterocycles. The van der Waals surface area contributed by atoms with Crippen LogP contribution in [0.15, 0.2) is 42.5 Å². The van der Waals surface area contributed by atoms with Crippen LogP contribution in [0.3, 0.4) is 0 Å². The molecule has 0 aliphatic rings. The number of anilines is 1. The van der Waals surface area contributed by atoms with Crippen LogP contribution in [0.2, 0.25) is 0 Å². The molecule has 26 heavy (non-hydrogen) atoms. The molecule has 0 fully saturated rings. The Morgan fingerprint density at radius 1 is 1.08 bits per heavy atom. The summed E-state index contributed by atoms with van der Waals surface area (Å²) in [5.74, 6) is 1.19. The third kappa shape index (κ3) is 3.91. The minimum Gasteiger partial charge on any atom is -0.385 e. The van der Waals surface area contributed by atoms with Crippen molar-refractivity contribution in [3.05, 3.63) is 59.7 Å². The smallest absolute Gasteiger partial charge is 0.179 e. The fourth-order valence-corrected chi connectivity index (χ4v) is 2.76. The molecule has 6 heteroatoms. The first-order valence-electron chi connectivity index (χ1n) is 8.81. The van der Waals surface area contributed by atoms with Gasteiger partial charge < -0.3 is 10.0 Å². The minimum absolute atomic E-state index is 0.451. The molecular formula is C20H25N5O. The van der Waals surface area contributed by atoms with Crippen LogP contribution in [0.1, 0.15) is 36.7 Å². The van der Waals surface area contributed by atoms with Gasteiger partial charge in [0, 0.05) is 31.0 Å². The predicted octanol–water partition coefficient (Wildman–Crippen LogP) is 3.21. The van der Waals surface area contributed by atoms with Gasteiger partial charge in [-0.1, -0.05) is 13.0 Å². The lowest BCUT2D eigenvalue weighted by molar-refractivity contribution is 0.163. The van der Waals surface area contributed by atoms with Crippen LogP contribution in [0, 0.1) is 6.92 Å².